The van der Waals surface area contributed by atoms with E-state index in [1.807, 2.05) is 0 Å². The van der Waals surface area contributed by atoms with Crippen LogP contribution in [0.3, 0.4) is 0 Å². The Bertz CT molecular complexity index is 493. The van der Waals surface area contributed by atoms with Crippen LogP contribution in [0.1, 0.15) is 45.0 Å². The first-order valence-corrected chi connectivity index (χ1v) is 6.94. The molecule has 0 fully saturated rings. The first kappa shape index (κ1) is 17.7. The Morgan fingerprint density at radius 2 is 1.90 bits per heavy atom. The highest BCUT2D eigenvalue weighted by Crippen LogP contribution is 2.25. The fourth-order valence-corrected chi connectivity index (χ4v) is 1.52. The van der Waals surface area contributed by atoms with Gasteiger partial charge in [-0.05, 0) is 52.2 Å². The van der Waals surface area contributed by atoms with Crippen LogP contribution in [0.4, 0.5) is 0 Å². The third kappa shape index (κ3) is 4.56. The van der Waals surface area contributed by atoms with Crippen LogP contribution in [0.15, 0.2) is 24.3 Å². The molecule has 0 bridgehead atoms. The number of hydrogen-bond donors (Lipinski definition) is 2. The number of rotatable bonds is 6. The van der Waals surface area contributed by atoms with Gasteiger partial charge < -0.3 is 19.5 Å². The minimum atomic E-state index is -1.25. The summed E-state index contributed by atoms with van der Waals surface area (Å²) >= 11 is 0. The van der Waals surface area contributed by atoms with E-state index in [2.05, 4.69) is 0 Å². The van der Waals surface area contributed by atoms with E-state index in [4.69, 9.17) is 9.39 Å². The Balaban J connectivity index is 2.91. The summed E-state index contributed by atoms with van der Waals surface area (Å²) < 4.78 is 10.5. The molecule has 0 amide bonds. The topological polar surface area (TPSA) is 76.0 Å². The summed E-state index contributed by atoms with van der Waals surface area (Å²) in [6.45, 7) is 8.60. The molecule has 21 heavy (non-hydrogen) atoms. The molecule has 0 unspecified atom stereocenters. The van der Waals surface area contributed by atoms with Crippen LogP contribution >= 0.6 is 0 Å². The maximum atomic E-state index is 11.7. The highest BCUT2D eigenvalue weighted by atomic mass is 16.5. The maximum Gasteiger partial charge on any atom is 0.491 e. The molecule has 0 aliphatic rings. The third-order valence-corrected chi connectivity index (χ3v) is 3.56. The highest BCUT2D eigenvalue weighted by molar-refractivity contribution is 6.60. The van der Waals surface area contributed by atoms with Gasteiger partial charge >= 0.3 is 13.1 Å². The first-order chi connectivity index (χ1) is 9.58. The van der Waals surface area contributed by atoms with E-state index in [0.717, 1.165) is 0 Å². The fourth-order valence-electron chi connectivity index (χ4n) is 1.52. The summed E-state index contributed by atoms with van der Waals surface area (Å²) in [6.07, 6.45) is 0. The molecule has 1 aromatic rings. The Morgan fingerprint density at radius 1 is 1.29 bits per heavy atom. The summed E-state index contributed by atoms with van der Waals surface area (Å²) in [7, 11) is -1.25. The zero-order chi connectivity index (χ0) is 16.3. The van der Waals surface area contributed by atoms with Crippen LogP contribution in [-0.2, 0) is 9.39 Å². The summed E-state index contributed by atoms with van der Waals surface area (Å²) in [5.74, 6) is -0.451. The third-order valence-electron chi connectivity index (χ3n) is 3.56. The molecule has 0 aliphatic heterocycles. The van der Waals surface area contributed by atoms with Gasteiger partial charge in [0, 0.05) is 0 Å². The van der Waals surface area contributed by atoms with Crippen molar-refractivity contribution in [1.29, 1.82) is 0 Å². The summed E-state index contributed by atoms with van der Waals surface area (Å²) in [4.78, 5) is 11.7. The van der Waals surface area contributed by atoms with E-state index < -0.39 is 24.3 Å². The molecular formula is C15H23BO5. The number of ether oxygens (including phenoxy) is 1. The Morgan fingerprint density at radius 3 is 2.43 bits per heavy atom. The molecule has 1 rings (SSSR count). The van der Waals surface area contributed by atoms with Gasteiger partial charge in [-0.25, -0.2) is 4.79 Å². The number of carbonyl (C=O) groups is 1. The summed E-state index contributed by atoms with van der Waals surface area (Å²) in [6, 6.07) is 6.41. The van der Waals surface area contributed by atoms with Crippen molar-refractivity contribution in [2.24, 2.45) is 0 Å². The van der Waals surface area contributed by atoms with Crippen molar-refractivity contribution in [2.45, 2.75) is 45.8 Å². The lowest BCUT2D eigenvalue weighted by Crippen LogP contribution is -2.53. The van der Waals surface area contributed by atoms with Crippen molar-refractivity contribution in [3.05, 3.63) is 29.8 Å². The number of esters is 1. The maximum absolute atomic E-state index is 11.7. The molecule has 0 atom stereocenters. The van der Waals surface area contributed by atoms with Crippen LogP contribution < -0.4 is 5.46 Å². The standard InChI is InChI=1S/C15H23BO5/c1-6-20-13(17)11-8-7-9-12(10-11)16(19)21-15(4,5)14(2,3)18/h7-10,18-19H,6H2,1-5H3. The van der Waals surface area contributed by atoms with Crippen molar-refractivity contribution in [2.75, 3.05) is 6.61 Å². The molecule has 6 heteroatoms. The molecule has 0 saturated heterocycles. The molecule has 0 spiro atoms. The SMILES string of the molecule is CCOC(=O)c1cccc(B(O)OC(C)(C)C(C)(C)O)c1. The van der Waals surface area contributed by atoms with E-state index in [-0.39, 0.29) is 6.61 Å². The summed E-state index contributed by atoms with van der Waals surface area (Å²) in [5.41, 5.74) is -1.32. The van der Waals surface area contributed by atoms with Crippen LogP contribution in [0.5, 0.6) is 0 Å². The van der Waals surface area contributed by atoms with Crippen molar-refractivity contribution in [3.63, 3.8) is 0 Å². The number of benzene rings is 1. The van der Waals surface area contributed by atoms with E-state index in [0.29, 0.717) is 11.0 Å². The van der Waals surface area contributed by atoms with E-state index in [9.17, 15) is 14.9 Å². The molecule has 2 N–H and O–H groups in total. The zero-order valence-electron chi connectivity index (χ0n) is 13.2. The van der Waals surface area contributed by atoms with E-state index in [1.165, 1.54) is 6.07 Å². The smallest absolute Gasteiger partial charge is 0.462 e. The second kappa shape index (κ2) is 6.60. The first-order valence-electron chi connectivity index (χ1n) is 6.94. The monoisotopic (exact) mass is 294 g/mol. The molecule has 5 nitrogen and oxygen atoms in total. The molecule has 0 radical (unpaired) electrons. The lowest BCUT2D eigenvalue weighted by molar-refractivity contribution is -0.0982. The Kier molecular flexibility index (Phi) is 5.56. The predicted molar refractivity (Wildman–Crippen MR) is 81.5 cm³/mol. The van der Waals surface area contributed by atoms with E-state index in [1.54, 1.807) is 52.8 Å². The largest absolute Gasteiger partial charge is 0.491 e. The van der Waals surface area contributed by atoms with Crippen molar-refractivity contribution in [1.82, 2.24) is 0 Å². The second-order valence-electron chi connectivity index (χ2n) is 5.89. The van der Waals surface area contributed by atoms with Gasteiger partial charge in [0.2, 0.25) is 0 Å². The molecule has 0 aliphatic carbocycles. The lowest BCUT2D eigenvalue weighted by atomic mass is 9.76. The molecule has 0 aromatic heterocycles. The van der Waals surface area contributed by atoms with Crippen LogP contribution in [0, 0.1) is 0 Å². The highest BCUT2D eigenvalue weighted by Gasteiger charge is 2.39. The van der Waals surface area contributed by atoms with Crippen molar-refractivity contribution in [3.8, 4) is 0 Å². The minimum Gasteiger partial charge on any atom is -0.462 e. The van der Waals surface area contributed by atoms with Crippen LogP contribution in [0.2, 0.25) is 0 Å². The van der Waals surface area contributed by atoms with Gasteiger partial charge in [-0.3, -0.25) is 0 Å². The zero-order valence-corrected chi connectivity index (χ0v) is 13.2. The van der Waals surface area contributed by atoms with Gasteiger partial charge in [-0.1, -0.05) is 12.1 Å². The average Bonchev–Trinajstić information content (AvgIpc) is 2.37. The molecule has 0 saturated carbocycles. The Labute approximate surface area is 126 Å². The quantitative estimate of drug-likeness (QED) is 0.607. The van der Waals surface area contributed by atoms with Crippen molar-refractivity contribution < 1.29 is 24.3 Å². The van der Waals surface area contributed by atoms with Crippen LogP contribution in [0.25, 0.3) is 0 Å². The van der Waals surface area contributed by atoms with Crippen molar-refractivity contribution >= 4 is 18.6 Å². The van der Waals surface area contributed by atoms with Gasteiger partial charge in [-0.15, -0.1) is 0 Å². The average molecular weight is 294 g/mol. The van der Waals surface area contributed by atoms with Gasteiger partial charge in [-0.2, -0.15) is 0 Å². The van der Waals surface area contributed by atoms with Gasteiger partial charge in [0.05, 0.1) is 23.4 Å². The number of hydrogen-bond acceptors (Lipinski definition) is 5. The fraction of sp³-hybridized carbons (Fsp3) is 0.533. The van der Waals surface area contributed by atoms with Gasteiger partial charge in [0.1, 0.15) is 0 Å². The molecule has 116 valence electrons. The normalized spacial score (nSPS) is 12.1. The van der Waals surface area contributed by atoms with Gasteiger partial charge in [0.15, 0.2) is 0 Å². The van der Waals surface area contributed by atoms with Gasteiger partial charge in [0.25, 0.3) is 0 Å². The Hall–Kier alpha value is -1.37. The summed E-state index contributed by atoms with van der Waals surface area (Å²) in [5, 5.41) is 20.2. The minimum absolute atomic E-state index is 0.286. The van der Waals surface area contributed by atoms with Crippen LogP contribution in [-0.4, -0.2) is 41.0 Å². The van der Waals surface area contributed by atoms with E-state index >= 15 is 0 Å². The number of aliphatic hydroxyl groups is 1. The molecule has 0 heterocycles. The molecular weight excluding hydrogens is 271 g/mol. The second-order valence-corrected chi connectivity index (χ2v) is 5.89. The predicted octanol–water partition coefficient (Wildman–Crippen LogP) is 1.12. The lowest BCUT2D eigenvalue weighted by Gasteiger charge is -2.38. The molecule has 1 aromatic carbocycles. The number of carbonyl (C=O) groups excluding carboxylic acids is 1.